The summed E-state index contributed by atoms with van der Waals surface area (Å²) in [5.41, 5.74) is 0. The van der Waals surface area contributed by atoms with E-state index in [4.69, 9.17) is 11.5 Å². The zero-order chi connectivity index (χ0) is 22.4. The molecular weight excluding hydrogens is 398 g/mol. The number of unbranched alkanes of at least 4 members (excludes halogenated alkanes) is 2. The van der Waals surface area contributed by atoms with Gasteiger partial charge in [0.25, 0.3) is 0 Å². The van der Waals surface area contributed by atoms with Crippen molar-refractivity contribution in [2.45, 2.75) is 38.5 Å². The summed E-state index contributed by atoms with van der Waals surface area (Å²) < 4.78 is 0. The Labute approximate surface area is 183 Å². The van der Waals surface area contributed by atoms with Crippen molar-refractivity contribution in [2.75, 3.05) is 32.8 Å². The van der Waals surface area contributed by atoms with Crippen molar-refractivity contribution in [3.05, 3.63) is 12.2 Å². The molecule has 2 fully saturated rings. The molecule has 2 N–H and O–H groups in total. The van der Waals surface area contributed by atoms with Crippen LogP contribution in [0.2, 0.25) is 0 Å². The molecule has 0 spiro atoms. The van der Waals surface area contributed by atoms with E-state index >= 15 is 0 Å². The average Bonchev–Trinajstić information content (AvgIpc) is 3.44. The third kappa shape index (κ3) is 5.16. The van der Waals surface area contributed by atoms with Gasteiger partial charge in [-0.3, -0.25) is 24.1 Å². The number of hydrogen-bond donors (Lipinski definition) is 2. The Bertz CT molecular complexity index is 757. The quantitative estimate of drug-likeness (QED) is 0.201. The maximum absolute atomic E-state index is 12.7. The third-order valence-corrected chi connectivity index (χ3v) is 6.51. The van der Waals surface area contributed by atoms with Gasteiger partial charge in [-0.25, -0.2) is 0 Å². The highest BCUT2D eigenvalue weighted by Gasteiger charge is 2.58. The highest BCUT2D eigenvalue weighted by molar-refractivity contribution is 6.06. The molecule has 1 heterocycles. The zero-order valence-corrected chi connectivity index (χ0v) is 17.8. The fourth-order valence-electron chi connectivity index (χ4n) is 4.99. The van der Waals surface area contributed by atoms with Gasteiger partial charge in [0.15, 0.2) is 0 Å². The second kappa shape index (κ2) is 10.6. The molecule has 4 atom stereocenters. The predicted octanol–water partition coefficient (Wildman–Crippen LogP) is 0.314. The van der Waals surface area contributed by atoms with Crippen LogP contribution in [0, 0.1) is 36.0 Å². The second-order valence-corrected chi connectivity index (χ2v) is 8.48. The van der Waals surface area contributed by atoms with Crippen LogP contribution in [0.4, 0.5) is 0 Å². The number of carbonyl (C=O) groups is 4. The minimum atomic E-state index is -0.239. The molecule has 1 saturated carbocycles. The van der Waals surface area contributed by atoms with E-state index in [1.54, 1.807) is 0 Å². The first kappa shape index (κ1) is 23.0. The highest BCUT2D eigenvalue weighted by atomic mass is 16.3. The minimum Gasteiger partial charge on any atom is -0.395 e. The van der Waals surface area contributed by atoms with E-state index in [2.05, 4.69) is 23.4 Å². The van der Waals surface area contributed by atoms with Gasteiger partial charge in [0.05, 0.1) is 25.0 Å². The van der Waals surface area contributed by atoms with E-state index < -0.39 is 0 Å². The first-order chi connectivity index (χ1) is 15.0. The van der Waals surface area contributed by atoms with Gasteiger partial charge < -0.3 is 15.3 Å². The Morgan fingerprint density at radius 2 is 1.81 bits per heavy atom. The van der Waals surface area contributed by atoms with Gasteiger partial charge in [-0.05, 0) is 31.1 Å². The Balaban J connectivity index is 1.35. The van der Waals surface area contributed by atoms with Gasteiger partial charge in [0, 0.05) is 32.5 Å². The molecule has 8 nitrogen and oxygen atoms in total. The number of nitrogens with one attached hydrogen (secondary N) is 1. The smallest absolute Gasteiger partial charge is 0.233 e. The Kier molecular flexibility index (Phi) is 7.85. The molecule has 0 unspecified atom stereocenters. The average molecular weight is 430 g/mol. The minimum absolute atomic E-state index is 0.0254. The number of allylic oxidation sites excluding steroid dienone is 2. The lowest BCUT2D eigenvalue weighted by Gasteiger charge is -2.20. The maximum atomic E-state index is 12.7. The number of aliphatic hydroxyl groups is 1. The summed E-state index contributed by atoms with van der Waals surface area (Å²) in [4.78, 5) is 52.3. The lowest BCUT2D eigenvalue weighted by molar-refractivity contribution is -0.141. The number of nitrogens with zero attached hydrogens (tertiary/aromatic N) is 2. The number of aliphatic hydroxyl groups excluding tert-OH is 1. The molecule has 1 saturated heterocycles. The summed E-state index contributed by atoms with van der Waals surface area (Å²) in [6, 6.07) is 0. The molecule has 8 heteroatoms. The molecule has 2 bridgehead atoms. The summed E-state index contributed by atoms with van der Waals surface area (Å²) in [6.45, 7) is 0.839. The fourth-order valence-corrected chi connectivity index (χ4v) is 4.99. The normalized spacial score (nSPS) is 25.6. The first-order valence-corrected chi connectivity index (χ1v) is 11.1. The van der Waals surface area contributed by atoms with Crippen LogP contribution in [0.1, 0.15) is 38.5 Å². The molecule has 0 radical (unpaired) electrons. The van der Waals surface area contributed by atoms with Gasteiger partial charge in [-0.2, -0.15) is 0 Å². The third-order valence-electron chi connectivity index (χ3n) is 6.51. The first-order valence-electron chi connectivity index (χ1n) is 11.1. The fraction of sp³-hybridized carbons (Fsp3) is 0.652. The molecule has 2 aliphatic carbocycles. The summed E-state index contributed by atoms with van der Waals surface area (Å²) in [5.74, 6) is 2.18. The Morgan fingerprint density at radius 1 is 1.13 bits per heavy atom. The predicted molar refractivity (Wildman–Crippen MR) is 113 cm³/mol. The number of fused-ring (bicyclic) bond motifs is 5. The molecule has 4 amide bonds. The summed E-state index contributed by atoms with van der Waals surface area (Å²) >= 11 is 0. The summed E-state index contributed by atoms with van der Waals surface area (Å²) in [5, 5.41) is 11.3. The van der Waals surface area contributed by atoms with E-state index in [-0.39, 0.29) is 80.0 Å². The van der Waals surface area contributed by atoms with Crippen LogP contribution in [0.15, 0.2) is 12.2 Å². The van der Waals surface area contributed by atoms with E-state index in [9.17, 15) is 19.2 Å². The Hall–Kier alpha value is -2.66. The van der Waals surface area contributed by atoms with Crippen molar-refractivity contribution in [1.29, 1.82) is 0 Å². The summed E-state index contributed by atoms with van der Waals surface area (Å²) in [6.07, 6.45) is 12.9. The van der Waals surface area contributed by atoms with E-state index in [0.717, 1.165) is 12.8 Å². The van der Waals surface area contributed by atoms with Gasteiger partial charge in [0.2, 0.25) is 23.6 Å². The number of hydrogen-bond acceptors (Lipinski definition) is 5. The number of imide groups is 1. The number of rotatable bonds is 12. The molecule has 3 rings (SSSR count). The van der Waals surface area contributed by atoms with Crippen molar-refractivity contribution in [2.24, 2.45) is 23.7 Å². The van der Waals surface area contributed by atoms with Crippen molar-refractivity contribution in [3.63, 3.8) is 0 Å². The van der Waals surface area contributed by atoms with Gasteiger partial charge in [0.1, 0.15) is 0 Å². The van der Waals surface area contributed by atoms with E-state index in [1.807, 2.05) is 0 Å². The highest BCUT2D eigenvalue weighted by Crippen LogP contribution is 2.52. The van der Waals surface area contributed by atoms with Crippen LogP contribution in [0.25, 0.3) is 0 Å². The van der Waals surface area contributed by atoms with Crippen LogP contribution in [-0.4, -0.2) is 71.3 Å². The number of carbonyl (C=O) groups excluding carboxylic acids is 4. The largest absolute Gasteiger partial charge is 0.395 e. The number of likely N-dealkylation sites (tertiary alicyclic amines) is 1. The molecule has 0 aromatic rings. The van der Waals surface area contributed by atoms with Crippen LogP contribution in [0.3, 0.4) is 0 Å². The van der Waals surface area contributed by atoms with Gasteiger partial charge in [-0.15, -0.1) is 6.42 Å². The second-order valence-electron chi connectivity index (χ2n) is 8.48. The molecule has 0 aromatic heterocycles. The standard InChI is InChI=1S/C23H31N3O5/c1-2-11-25(13-9-18(28)24-10-14-27)19(29)6-4-3-5-12-26-22(30)20-16-7-8-17(15-16)21(20)23(26)31/h1,7-8,16-17,20-21,27H,3-6,9-15H2,(H,24,28)/t16-,17+,20+,21-. The number of amides is 4. The molecular formula is C23H31N3O5. The van der Waals surface area contributed by atoms with Crippen LogP contribution >= 0.6 is 0 Å². The topological polar surface area (TPSA) is 107 Å². The van der Waals surface area contributed by atoms with Crippen molar-refractivity contribution in [3.8, 4) is 12.3 Å². The van der Waals surface area contributed by atoms with Crippen LogP contribution in [0.5, 0.6) is 0 Å². The van der Waals surface area contributed by atoms with Crippen molar-refractivity contribution >= 4 is 23.6 Å². The maximum Gasteiger partial charge on any atom is 0.233 e. The van der Waals surface area contributed by atoms with E-state index in [1.165, 1.54) is 9.80 Å². The van der Waals surface area contributed by atoms with Crippen molar-refractivity contribution in [1.82, 2.24) is 15.1 Å². The lowest BCUT2D eigenvalue weighted by atomic mass is 9.85. The van der Waals surface area contributed by atoms with Gasteiger partial charge >= 0.3 is 0 Å². The monoisotopic (exact) mass is 429 g/mol. The van der Waals surface area contributed by atoms with Crippen LogP contribution < -0.4 is 5.32 Å². The molecule has 31 heavy (non-hydrogen) atoms. The molecule has 1 aliphatic heterocycles. The van der Waals surface area contributed by atoms with Gasteiger partial charge in [-0.1, -0.05) is 24.5 Å². The zero-order valence-electron chi connectivity index (χ0n) is 17.8. The molecule has 0 aromatic carbocycles. The molecule has 3 aliphatic rings. The van der Waals surface area contributed by atoms with E-state index in [0.29, 0.717) is 25.8 Å². The lowest BCUT2D eigenvalue weighted by Crippen LogP contribution is -2.36. The molecule has 168 valence electrons. The SMILES string of the molecule is C#CCN(CCC(=O)NCCO)C(=O)CCCCCN1C(=O)[C@@H]2[C@H](C1=O)[C@H]1C=C[C@@H]2C1. The number of terminal acetylenes is 1. The van der Waals surface area contributed by atoms with Crippen molar-refractivity contribution < 1.29 is 24.3 Å². The van der Waals surface area contributed by atoms with Crippen LogP contribution in [-0.2, 0) is 19.2 Å². The summed E-state index contributed by atoms with van der Waals surface area (Å²) in [7, 11) is 0. The Morgan fingerprint density at radius 3 is 2.42 bits per heavy atom.